The molecule has 7 nitrogen and oxygen atoms in total. The van der Waals surface area contributed by atoms with Crippen molar-refractivity contribution in [3.05, 3.63) is 53.7 Å². The number of anilines is 1. The number of thiazole rings is 1. The van der Waals surface area contributed by atoms with Gasteiger partial charge in [-0.15, -0.1) is 0 Å². The van der Waals surface area contributed by atoms with Crippen LogP contribution in [0.3, 0.4) is 0 Å². The molecule has 3 fully saturated rings. The highest BCUT2D eigenvalue weighted by Crippen LogP contribution is 2.50. The van der Waals surface area contributed by atoms with Gasteiger partial charge in [0.25, 0.3) is 0 Å². The van der Waals surface area contributed by atoms with Gasteiger partial charge in [-0.3, -0.25) is 4.90 Å². The average molecular weight is 546 g/mol. The first-order valence-corrected chi connectivity index (χ1v) is 13.7. The number of nitrogens with zero attached hydrogens (tertiary/aromatic N) is 5. The molecule has 11 heteroatoms. The number of pyridine rings is 1. The number of hydrogen-bond acceptors (Lipinski definition) is 7. The summed E-state index contributed by atoms with van der Waals surface area (Å²) in [6.07, 6.45) is -2.13. The molecule has 1 saturated carbocycles. The summed E-state index contributed by atoms with van der Waals surface area (Å²) in [5, 5.41) is 0.616. The van der Waals surface area contributed by atoms with Gasteiger partial charge >= 0.3 is 12.3 Å². The lowest BCUT2D eigenvalue weighted by molar-refractivity contribution is -0.138. The summed E-state index contributed by atoms with van der Waals surface area (Å²) in [5.74, 6) is 0. The van der Waals surface area contributed by atoms with Crippen LogP contribution in [-0.2, 0) is 17.5 Å². The van der Waals surface area contributed by atoms with E-state index in [0.717, 1.165) is 44.7 Å². The Morgan fingerprint density at radius 2 is 1.87 bits per heavy atom. The topological polar surface area (TPSA) is 61.8 Å². The minimum absolute atomic E-state index is 0.0416. The Morgan fingerprint density at radius 3 is 2.58 bits per heavy atom. The fourth-order valence-corrected chi connectivity index (χ4v) is 7.12. The van der Waals surface area contributed by atoms with E-state index in [1.54, 1.807) is 4.90 Å². The molecule has 0 bridgehead atoms. The second kappa shape index (κ2) is 9.37. The molecule has 4 heterocycles. The number of piperazine rings is 1. The molecule has 0 unspecified atom stereocenters. The summed E-state index contributed by atoms with van der Waals surface area (Å²) in [6.45, 7) is 7.98. The zero-order valence-electron chi connectivity index (χ0n) is 21.3. The smallest absolute Gasteiger partial charge is 0.417 e. The van der Waals surface area contributed by atoms with Crippen LogP contribution in [0.1, 0.15) is 37.8 Å². The highest BCUT2D eigenvalue weighted by molar-refractivity contribution is 7.22. The molecule has 1 aromatic carbocycles. The SMILES string of the molecule is C[C@@H]1CN(c2nc3ncc(C(F)(F)F)cc3s2)[C@@H](C)CN1C(=O)OC1CC2(C1)CN(Cc1ccccc1)C2. The van der Waals surface area contributed by atoms with Crippen LogP contribution in [0, 0.1) is 5.41 Å². The van der Waals surface area contributed by atoms with Crippen LogP contribution in [0.15, 0.2) is 42.6 Å². The number of rotatable bonds is 4. The molecule has 38 heavy (non-hydrogen) atoms. The van der Waals surface area contributed by atoms with Gasteiger partial charge in [0.15, 0.2) is 10.8 Å². The largest absolute Gasteiger partial charge is 0.446 e. The van der Waals surface area contributed by atoms with E-state index in [1.807, 2.05) is 24.8 Å². The average Bonchev–Trinajstić information content (AvgIpc) is 3.25. The van der Waals surface area contributed by atoms with Crippen molar-refractivity contribution < 1.29 is 22.7 Å². The summed E-state index contributed by atoms with van der Waals surface area (Å²) in [4.78, 5) is 27.7. The van der Waals surface area contributed by atoms with E-state index in [1.165, 1.54) is 16.9 Å². The van der Waals surface area contributed by atoms with Gasteiger partial charge in [0.2, 0.25) is 0 Å². The van der Waals surface area contributed by atoms with Crippen molar-refractivity contribution in [1.82, 2.24) is 19.8 Å². The molecule has 6 rings (SSSR count). The van der Waals surface area contributed by atoms with E-state index in [9.17, 15) is 18.0 Å². The Balaban J connectivity index is 1.01. The second-order valence-corrected chi connectivity index (χ2v) is 12.1. The van der Waals surface area contributed by atoms with Crippen molar-refractivity contribution in [2.24, 2.45) is 5.41 Å². The van der Waals surface area contributed by atoms with Crippen LogP contribution in [0.4, 0.5) is 23.1 Å². The molecule has 1 spiro atoms. The van der Waals surface area contributed by atoms with Gasteiger partial charge in [-0.1, -0.05) is 41.7 Å². The van der Waals surface area contributed by atoms with Crippen molar-refractivity contribution in [2.75, 3.05) is 31.1 Å². The third kappa shape index (κ3) is 4.82. The molecule has 202 valence electrons. The number of ether oxygens (including phenoxy) is 1. The normalized spacial score (nSPS) is 23.9. The van der Waals surface area contributed by atoms with Crippen LogP contribution < -0.4 is 4.90 Å². The molecule has 2 aliphatic heterocycles. The van der Waals surface area contributed by atoms with E-state index in [0.29, 0.717) is 28.6 Å². The fourth-order valence-electron chi connectivity index (χ4n) is 6.05. The number of hydrogen-bond donors (Lipinski definition) is 0. The molecular weight excluding hydrogens is 515 g/mol. The van der Waals surface area contributed by atoms with Gasteiger partial charge in [0.1, 0.15) is 6.10 Å². The minimum Gasteiger partial charge on any atom is -0.446 e. The Bertz CT molecular complexity index is 1320. The van der Waals surface area contributed by atoms with Crippen molar-refractivity contribution in [1.29, 1.82) is 0 Å². The number of benzene rings is 1. The summed E-state index contributed by atoms with van der Waals surface area (Å²) in [5.41, 5.74) is 1.12. The zero-order chi connectivity index (χ0) is 26.7. The molecule has 2 saturated heterocycles. The number of halogens is 3. The first kappa shape index (κ1) is 25.4. The first-order chi connectivity index (χ1) is 18.1. The van der Waals surface area contributed by atoms with Gasteiger partial charge in [0.05, 0.1) is 10.3 Å². The van der Waals surface area contributed by atoms with Crippen molar-refractivity contribution >= 4 is 32.9 Å². The van der Waals surface area contributed by atoms with Crippen LogP contribution in [0.2, 0.25) is 0 Å². The Morgan fingerprint density at radius 1 is 1.13 bits per heavy atom. The van der Waals surface area contributed by atoms with Crippen LogP contribution in [0.5, 0.6) is 0 Å². The van der Waals surface area contributed by atoms with E-state index in [-0.39, 0.29) is 29.7 Å². The molecule has 1 amide bonds. The molecule has 2 atom stereocenters. The van der Waals surface area contributed by atoms with E-state index in [2.05, 4.69) is 39.1 Å². The maximum Gasteiger partial charge on any atom is 0.417 e. The molecular formula is C27H30F3N5O2S. The number of likely N-dealkylation sites (tertiary alicyclic amines) is 1. The summed E-state index contributed by atoms with van der Waals surface area (Å²) < 4.78 is 45.5. The van der Waals surface area contributed by atoms with Gasteiger partial charge in [-0.25, -0.2) is 9.78 Å². The highest BCUT2D eigenvalue weighted by Gasteiger charge is 2.54. The maximum absolute atomic E-state index is 13.1. The second-order valence-electron chi connectivity index (χ2n) is 11.1. The van der Waals surface area contributed by atoms with Crippen molar-refractivity contribution in [3.63, 3.8) is 0 Å². The Labute approximate surface area is 223 Å². The fraction of sp³-hybridized carbons (Fsp3) is 0.519. The summed E-state index contributed by atoms with van der Waals surface area (Å²) >= 11 is 1.20. The Hall–Kier alpha value is -2.92. The van der Waals surface area contributed by atoms with E-state index in [4.69, 9.17) is 4.74 Å². The van der Waals surface area contributed by atoms with Crippen LogP contribution in [0.25, 0.3) is 10.3 Å². The number of carbonyl (C=O) groups is 1. The minimum atomic E-state index is -4.45. The van der Waals surface area contributed by atoms with Crippen LogP contribution in [-0.4, -0.2) is 70.2 Å². The summed E-state index contributed by atoms with van der Waals surface area (Å²) in [6, 6.07) is 11.4. The standard InChI is InChI=1S/C27H30F3N5O2S/c1-17-13-35(18(2)12-34(17)24-32-23-22(38-24)8-20(11-31-23)27(28,29)30)25(36)37-21-9-26(10-21)15-33(16-26)14-19-6-4-3-5-7-19/h3-8,11,17-18,21H,9-10,12-16H2,1-2H3/t17-,18+/m0/s1. The quantitative estimate of drug-likeness (QED) is 0.437. The third-order valence-corrected chi connectivity index (χ3v) is 9.01. The zero-order valence-corrected chi connectivity index (χ0v) is 22.1. The lowest BCUT2D eigenvalue weighted by Gasteiger charge is -2.58. The van der Waals surface area contributed by atoms with Gasteiger partial charge in [-0.05, 0) is 38.3 Å². The van der Waals surface area contributed by atoms with Gasteiger partial charge in [0, 0.05) is 56.4 Å². The van der Waals surface area contributed by atoms with Gasteiger partial charge in [-0.2, -0.15) is 18.2 Å². The predicted octanol–water partition coefficient (Wildman–Crippen LogP) is 5.41. The lowest BCUT2D eigenvalue weighted by atomic mass is 9.61. The number of fused-ring (bicyclic) bond motifs is 1. The molecule has 0 N–H and O–H groups in total. The number of carbonyl (C=O) groups excluding carboxylic acids is 1. The maximum atomic E-state index is 13.1. The first-order valence-electron chi connectivity index (χ1n) is 12.9. The molecule has 1 aliphatic carbocycles. The lowest BCUT2D eigenvalue weighted by Crippen LogP contribution is -2.64. The Kier molecular flexibility index (Phi) is 6.26. The third-order valence-electron chi connectivity index (χ3n) is 7.99. The number of amides is 1. The molecule has 0 radical (unpaired) electrons. The molecule has 2 aromatic heterocycles. The molecule has 3 aromatic rings. The van der Waals surface area contributed by atoms with Crippen LogP contribution >= 0.6 is 11.3 Å². The predicted molar refractivity (Wildman–Crippen MR) is 139 cm³/mol. The van der Waals surface area contributed by atoms with Crippen molar-refractivity contribution in [3.8, 4) is 0 Å². The monoisotopic (exact) mass is 545 g/mol. The van der Waals surface area contributed by atoms with Gasteiger partial charge < -0.3 is 14.5 Å². The number of alkyl halides is 3. The highest BCUT2D eigenvalue weighted by atomic mass is 32.1. The molecule has 3 aliphatic rings. The van der Waals surface area contributed by atoms with E-state index >= 15 is 0 Å². The summed E-state index contributed by atoms with van der Waals surface area (Å²) in [7, 11) is 0. The van der Waals surface area contributed by atoms with E-state index < -0.39 is 11.7 Å². The van der Waals surface area contributed by atoms with Crippen molar-refractivity contribution in [2.45, 2.75) is 57.6 Å². The number of aromatic nitrogens is 2.